The van der Waals surface area contributed by atoms with Crippen molar-refractivity contribution in [2.45, 2.75) is 12.8 Å². The third kappa shape index (κ3) is 5.47. The maximum absolute atomic E-state index is 15.1. The minimum atomic E-state index is -1.38. The average molecular weight is 549 g/mol. The Morgan fingerprint density at radius 3 is 2.48 bits per heavy atom. The van der Waals surface area contributed by atoms with Crippen LogP contribution in [0.15, 0.2) is 29.8 Å². The van der Waals surface area contributed by atoms with Gasteiger partial charge in [0.15, 0.2) is 11.6 Å². The Labute approximate surface area is 189 Å². The molecule has 2 aromatic rings. The lowest BCUT2D eigenvalue weighted by Gasteiger charge is -2.18. The Hall–Kier alpha value is -2.35. The van der Waals surface area contributed by atoms with Crippen LogP contribution in [0, 0.1) is 21.0 Å². The predicted molar refractivity (Wildman–Crippen MR) is 116 cm³/mol. The molecule has 4 N–H and O–H groups in total. The van der Waals surface area contributed by atoms with E-state index in [1.54, 1.807) is 6.07 Å². The Morgan fingerprint density at radius 1 is 1.13 bits per heavy atom. The Bertz CT molecular complexity index is 1030. The molecule has 166 valence electrons. The summed E-state index contributed by atoms with van der Waals surface area (Å²) in [7, 11) is 1.32. The molecule has 0 saturated heterocycles. The molecule has 0 bridgehead atoms. The summed E-state index contributed by atoms with van der Waals surface area (Å²) in [6, 6.07) is 5.23. The molecule has 3 rings (SSSR count). The van der Waals surface area contributed by atoms with Crippen LogP contribution in [0.1, 0.15) is 28.8 Å². The highest BCUT2D eigenvalue weighted by atomic mass is 127. The zero-order valence-corrected chi connectivity index (χ0v) is 18.5. The molecule has 0 atom stereocenters. The summed E-state index contributed by atoms with van der Waals surface area (Å²) >= 11 is 1.91. The first-order chi connectivity index (χ1) is 14.9. The molecular weight excluding hydrogens is 530 g/mol. The van der Waals surface area contributed by atoms with Crippen molar-refractivity contribution in [1.82, 2.24) is 11.0 Å². The lowest BCUT2D eigenvalue weighted by atomic mass is 10.0. The van der Waals surface area contributed by atoms with Crippen molar-refractivity contribution >= 4 is 45.6 Å². The topological polar surface area (TPSA) is 91.9 Å². The molecule has 2 aromatic carbocycles. The Kier molecular flexibility index (Phi) is 7.75. The van der Waals surface area contributed by atoms with E-state index in [-0.39, 0.29) is 35.7 Å². The SMILES string of the molecule is CONC(=C1CC1)c1cc(C(=O)NOCCO)c(Nc2ccc(I)cc2F)c(F)c1F. The molecule has 0 aromatic heterocycles. The van der Waals surface area contributed by atoms with Crippen LogP contribution in [0.4, 0.5) is 24.5 Å². The molecule has 0 unspecified atom stereocenters. The maximum atomic E-state index is 15.1. The summed E-state index contributed by atoms with van der Waals surface area (Å²) in [5.41, 5.74) is 4.34. The second-order valence-electron chi connectivity index (χ2n) is 6.51. The van der Waals surface area contributed by atoms with Gasteiger partial charge in [0.05, 0.1) is 43.0 Å². The number of carbonyl (C=O) groups is 1. The fourth-order valence-corrected chi connectivity index (χ4v) is 3.24. The van der Waals surface area contributed by atoms with E-state index in [1.165, 1.54) is 19.2 Å². The number of hydroxylamine groups is 2. The zero-order valence-electron chi connectivity index (χ0n) is 16.3. The van der Waals surface area contributed by atoms with Crippen LogP contribution in [0.25, 0.3) is 5.70 Å². The molecule has 31 heavy (non-hydrogen) atoms. The molecule has 1 aliphatic rings. The number of hydrogen-bond donors (Lipinski definition) is 4. The predicted octanol–water partition coefficient (Wildman–Crippen LogP) is 3.76. The number of amides is 1. The van der Waals surface area contributed by atoms with Crippen molar-refractivity contribution in [3.8, 4) is 0 Å². The van der Waals surface area contributed by atoms with Gasteiger partial charge in [0.1, 0.15) is 5.82 Å². The molecule has 0 radical (unpaired) electrons. The van der Waals surface area contributed by atoms with Crippen molar-refractivity contribution in [1.29, 1.82) is 0 Å². The number of allylic oxidation sites excluding steroid dienone is 1. The number of aliphatic hydroxyl groups is 1. The van der Waals surface area contributed by atoms with E-state index in [1.807, 2.05) is 28.1 Å². The molecule has 1 amide bonds. The van der Waals surface area contributed by atoms with Crippen LogP contribution in [0.3, 0.4) is 0 Å². The van der Waals surface area contributed by atoms with E-state index in [2.05, 4.69) is 10.8 Å². The van der Waals surface area contributed by atoms with Gasteiger partial charge in [0.25, 0.3) is 5.91 Å². The fraction of sp³-hybridized carbons (Fsp3) is 0.250. The standard InChI is InChI=1S/C20H19F3IN3O4/c1-30-26-18(10-2-3-10)12-9-13(20(29)27-31-7-6-28)19(17(23)16(12)22)25-15-5-4-11(24)8-14(15)21/h4-5,8-9,25-26,28H,2-3,6-7H2,1H3,(H,27,29). The lowest BCUT2D eigenvalue weighted by Crippen LogP contribution is -2.27. The fourth-order valence-electron chi connectivity index (χ4n) is 2.78. The van der Waals surface area contributed by atoms with E-state index < -0.39 is 29.0 Å². The van der Waals surface area contributed by atoms with Gasteiger partial charge in [0.2, 0.25) is 0 Å². The highest BCUT2D eigenvalue weighted by molar-refractivity contribution is 14.1. The number of benzene rings is 2. The molecular formula is C20H19F3IN3O4. The van der Waals surface area contributed by atoms with Gasteiger partial charge in [-0.05, 0) is 65.3 Å². The van der Waals surface area contributed by atoms with E-state index in [4.69, 9.17) is 14.8 Å². The number of anilines is 2. The van der Waals surface area contributed by atoms with Crippen molar-refractivity contribution in [3.63, 3.8) is 0 Å². The van der Waals surface area contributed by atoms with Crippen molar-refractivity contribution < 1.29 is 32.7 Å². The molecule has 7 nitrogen and oxygen atoms in total. The summed E-state index contributed by atoms with van der Waals surface area (Å²) in [4.78, 5) is 22.3. The normalized spacial score (nSPS) is 12.5. The molecule has 0 aliphatic heterocycles. The summed E-state index contributed by atoms with van der Waals surface area (Å²) in [5.74, 6) is -4.24. The van der Waals surface area contributed by atoms with Crippen molar-refractivity contribution in [2.24, 2.45) is 0 Å². The van der Waals surface area contributed by atoms with Crippen LogP contribution < -0.4 is 16.3 Å². The summed E-state index contributed by atoms with van der Waals surface area (Å²) in [5, 5.41) is 11.3. The van der Waals surface area contributed by atoms with E-state index in [0.29, 0.717) is 16.4 Å². The van der Waals surface area contributed by atoms with Crippen LogP contribution in [0.5, 0.6) is 0 Å². The minimum absolute atomic E-state index is 0.146. The third-order valence-corrected chi connectivity index (χ3v) is 5.00. The Balaban J connectivity index is 2.10. The van der Waals surface area contributed by atoms with Gasteiger partial charge in [-0.25, -0.2) is 18.7 Å². The number of nitrogens with one attached hydrogen (secondary N) is 3. The monoisotopic (exact) mass is 549 g/mol. The van der Waals surface area contributed by atoms with Crippen LogP contribution >= 0.6 is 22.6 Å². The average Bonchev–Trinajstić information content (AvgIpc) is 3.57. The van der Waals surface area contributed by atoms with Crippen LogP contribution in [-0.2, 0) is 9.68 Å². The van der Waals surface area contributed by atoms with E-state index in [9.17, 15) is 9.18 Å². The molecule has 0 spiro atoms. The third-order valence-electron chi connectivity index (χ3n) is 4.33. The zero-order chi connectivity index (χ0) is 22.5. The lowest BCUT2D eigenvalue weighted by molar-refractivity contribution is 0.0168. The highest BCUT2D eigenvalue weighted by Crippen LogP contribution is 2.38. The first kappa shape index (κ1) is 23.3. The number of aliphatic hydroxyl groups excluding tert-OH is 1. The molecule has 1 fully saturated rings. The smallest absolute Gasteiger partial charge is 0.277 e. The molecule has 11 heteroatoms. The van der Waals surface area contributed by atoms with Crippen LogP contribution in [-0.4, -0.2) is 31.3 Å². The van der Waals surface area contributed by atoms with Gasteiger partial charge >= 0.3 is 0 Å². The largest absolute Gasteiger partial charge is 0.394 e. The van der Waals surface area contributed by atoms with Crippen molar-refractivity contribution in [2.75, 3.05) is 25.6 Å². The van der Waals surface area contributed by atoms with E-state index >= 15 is 8.78 Å². The van der Waals surface area contributed by atoms with Gasteiger partial charge in [-0.2, -0.15) is 0 Å². The first-order valence-electron chi connectivity index (χ1n) is 9.15. The second-order valence-corrected chi connectivity index (χ2v) is 7.76. The minimum Gasteiger partial charge on any atom is -0.394 e. The number of halogens is 4. The molecule has 1 saturated carbocycles. The second kappa shape index (κ2) is 10.3. The van der Waals surface area contributed by atoms with Gasteiger partial charge in [0, 0.05) is 9.13 Å². The van der Waals surface area contributed by atoms with Crippen LogP contribution in [0.2, 0.25) is 0 Å². The molecule has 1 aliphatic carbocycles. The van der Waals surface area contributed by atoms with Gasteiger partial charge in [-0.1, -0.05) is 0 Å². The summed E-state index contributed by atoms with van der Waals surface area (Å²) in [6.45, 7) is -0.576. The van der Waals surface area contributed by atoms with Gasteiger partial charge in [-0.15, -0.1) is 0 Å². The highest BCUT2D eigenvalue weighted by Gasteiger charge is 2.28. The quantitative estimate of drug-likeness (QED) is 0.217. The van der Waals surface area contributed by atoms with Gasteiger partial charge in [-0.3, -0.25) is 19.9 Å². The Morgan fingerprint density at radius 2 is 1.87 bits per heavy atom. The number of carbonyl (C=O) groups excluding carboxylic acids is 1. The molecule has 0 heterocycles. The summed E-state index contributed by atoms with van der Waals surface area (Å²) < 4.78 is 45.0. The first-order valence-corrected chi connectivity index (χ1v) is 10.2. The maximum Gasteiger partial charge on any atom is 0.277 e. The summed E-state index contributed by atoms with van der Waals surface area (Å²) in [6.07, 6.45) is 1.34. The van der Waals surface area contributed by atoms with E-state index in [0.717, 1.165) is 11.6 Å². The van der Waals surface area contributed by atoms with Gasteiger partial charge < -0.3 is 10.4 Å². The number of rotatable bonds is 9. The number of hydrogen-bond acceptors (Lipinski definition) is 6. The van der Waals surface area contributed by atoms with Crippen molar-refractivity contribution in [3.05, 3.63) is 62.0 Å².